The number of likely N-dealkylation sites (tertiary alicyclic amines) is 1. The van der Waals surface area contributed by atoms with Crippen molar-refractivity contribution in [3.05, 3.63) is 42.1 Å². The molecule has 2 N–H and O–H groups in total. The second kappa shape index (κ2) is 8.49. The van der Waals surface area contributed by atoms with Gasteiger partial charge in [0.25, 0.3) is 0 Å². The molecule has 2 heterocycles. The molecule has 0 aliphatic carbocycles. The number of aromatic nitrogens is 1. The van der Waals surface area contributed by atoms with Gasteiger partial charge >= 0.3 is 0 Å². The van der Waals surface area contributed by atoms with E-state index in [0.29, 0.717) is 6.54 Å². The predicted octanol–water partition coefficient (Wildman–Crippen LogP) is 3.16. The third kappa shape index (κ3) is 4.52. The summed E-state index contributed by atoms with van der Waals surface area (Å²) < 4.78 is 0. The number of rotatable bonds is 5. The van der Waals surface area contributed by atoms with Crippen molar-refractivity contribution in [3.8, 4) is 0 Å². The lowest BCUT2D eigenvalue weighted by Gasteiger charge is -2.41. The first kappa shape index (κ1) is 18.6. The molecule has 1 aromatic heterocycles. The van der Waals surface area contributed by atoms with Crippen LogP contribution in [-0.4, -0.2) is 48.1 Å². The van der Waals surface area contributed by atoms with Gasteiger partial charge in [-0.25, -0.2) is 0 Å². The molecule has 5 heteroatoms. The molecule has 3 rings (SSSR count). The van der Waals surface area contributed by atoms with Crippen molar-refractivity contribution in [2.75, 3.05) is 26.7 Å². The van der Waals surface area contributed by atoms with Gasteiger partial charge in [0.1, 0.15) is 0 Å². The first-order valence-corrected chi connectivity index (χ1v) is 9.62. The topological polar surface area (TPSA) is 52.6 Å². The quantitative estimate of drug-likeness (QED) is 0.640. The van der Waals surface area contributed by atoms with Gasteiger partial charge in [0.15, 0.2) is 5.96 Å². The second-order valence-electron chi connectivity index (χ2n) is 7.63. The van der Waals surface area contributed by atoms with Gasteiger partial charge in [-0.2, -0.15) is 0 Å². The summed E-state index contributed by atoms with van der Waals surface area (Å²) in [6, 6.07) is 10.4. The highest BCUT2D eigenvalue weighted by Gasteiger charge is 2.27. The number of hydrogen-bond donors (Lipinski definition) is 2. The number of pyridine rings is 1. The number of nitrogens with zero attached hydrogens (tertiary/aromatic N) is 3. The molecule has 1 fully saturated rings. The molecule has 2 aromatic rings. The number of guanidine groups is 1. The molecule has 0 radical (unpaired) electrons. The standard InChI is InChI=1S/C21H31N5/c1-21(2,26-13-5-4-6-14-26)16-25-20(22-3)24-15-18-10-7-9-17-11-8-12-23-19(17)18/h7-12H,4-6,13-16H2,1-3H3,(H2,22,24,25). The first-order valence-electron chi connectivity index (χ1n) is 9.62. The fourth-order valence-electron chi connectivity index (χ4n) is 3.62. The Morgan fingerprint density at radius 3 is 2.65 bits per heavy atom. The number of nitrogens with one attached hydrogen (secondary N) is 2. The molecule has 0 spiro atoms. The largest absolute Gasteiger partial charge is 0.355 e. The van der Waals surface area contributed by atoms with Crippen LogP contribution in [0.2, 0.25) is 0 Å². The Morgan fingerprint density at radius 1 is 1.12 bits per heavy atom. The highest BCUT2D eigenvalue weighted by molar-refractivity contribution is 5.83. The third-order valence-corrected chi connectivity index (χ3v) is 5.29. The Kier molecular flexibility index (Phi) is 6.09. The fourth-order valence-corrected chi connectivity index (χ4v) is 3.62. The highest BCUT2D eigenvalue weighted by Crippen LogP contribution is 2.20. The molecule has 0 unspecified atom stereocenters. The zero-order valence-electron chi connectivity index (χ0n) is 16.3. The van der Waals surface area contributed by atoms with Crippen molar-refractivity contribution in [2.24, 2.45) is 4.99 Å². The van der Waals surface area contributed by atoms with Crippen LogP contribution in [0.3, 0.4) is 0 Å². The number of hydrogen-bond acceptors (Lipinski definition) is 3. The number of para-hydroxylation sites is 1. The summed E-state index contributed by atoms with van der Waals surface area (Å²) in [5.74, 6) is 0.836. The van der Waals surface area contributed by atoms with Gasteiger partial charge in [-0.1, -0.05) is 30.7 Å². The van der Waals surface area contributed by atoms with E-state index >= 15 is 0 Å². The monoisotopic (exact) mass is 353 g/mol. The van der Waals surface area contributed by atoms with Gasteiger partial charge in [0.2, 0.25) is 0 Å². The minimum absolute atomic E-state index is 0.124. The lowest BCUT2D eigenvalue weighted by atomic mass is 9.98. The molecule has 26 heavy (non-hydrogen) atoms. The van der Waals surface area contributed by atoms with Gasteiger partial charge in [0, 0.05) is 37.3 Å². The van der Waals surface area contributed by atoms with Crippen molar-refractivity contribution in [1.82, 2.24) is 20.5 Å². The fraction of sp³-hybridized carbons (Fsp3) is 0.524. The van der Waals surface area contributed by atoms with Crippen LogP contribution < -0.4 is 10.6 Å². The summed E-state index contributed by atoms with van der Waals surface area (Å²) in [6.07, 6.45) is 5.83. The minimum Gasteiger partial charge on any atom is -0.355 e. The van der Waals surface area contributed by atoms with Gasteiger partial charge in [-0.3, -0.25) is 14.9 Å². The average Bonchev–Trinajstić information content (AvgIpc) is 2.69. The first-order chi connectivity index (χ1) is 12.6. The lowest BCUT2D eigenvalue weighted by Crippen LogP contribution is -2.54. The van der Waals surface area contributed by atoms with E-state index in [9.17, 15) is 0 Å². The SMILES string of the molecule is CN=C(NCc1cccc2cccnc12)NCC(C)(C)N1CCCCC1. The third-order valence-electron chi connectivity index (χ3n) is 5.29. The molecular weight excluding hydrogens is 322 g/mol. The van der Waals surface area contributed by atoms with Gasteiger partial charge in [-0.15, -0.1) is 0 Å². The number of benzene rings is 1. The van der Waals surface area contributed by atoms with Crippen molar-refractivity contribution >= 4 is 16.9 Å². The molecule has 1 aliphatic rings. The zero-order chi connectivity index (χ0) is 18.4. The predicted molar refractivity (Wildman–Crippen MR) is 109 cm³/mol. The summed E-state index contributed by atoms with van der Waals surface area (Å²) in [5, 5.41) is 8.10. The Hall–Kier alpha value is -2.14. The van der Waals surface area contributed by atoms with E-state index in [2.05, 4.69) is 63.6 Å². The van der Waals surface area contributed by atoms with E-state index < -0.39 is 0 Å². The smallest absolute Gasteiger partial charge is 0.191 e. The molecule has 0 atom stereocenters. The number of aliphatic imine (C=N–C) groups is 1. The Bertz CT molecular complexity index is 742. The molecule has 0 bridgehead atoms. The highest BCUT2D eigenvalue weighted by atomic mass is 15.2. The average molecular weight is 354 g/mol. The Balaban J connectivity index is 1.58. The lowest BCUT2D eigenvalue weighted by molar-refractivity contribution is 0.0982. The maximum Gasteiger partial charge on any atom is 0.191 e. The van der Waals surface area contributed by atoms with E-state index in [4.69, 9.17) is 0 Å². The molecule has 1 saturated heterocycles. The molecule has 5 nitrogen and oxygen atoms in total. The van der Waals surface area contributed by atoms with Crippen LogP contribution in [0.5, 0.6) is 0 Å². The second-order valence-corrected chi connectivity index (χ2v) is 7.63. The van der Waals surface area contributed by atoms with Crippen LogP contribution >= 0.6 is 0 Å². The minimum atomic E-state index is 0.124. The van der Waals surface area contributed by atoms with E-state index in [1.165, 1.54) is 43.3 Å². The normalized spacial score (nSPS) is 16.7. The Morgan fingerprint density at radius 2 is 1.88 bits per heavy atom. The van der Waals surface area contributed by atoms with Crippen LogP contribution in [0.15, 0.2) is 41.5 Å². The molecule has 1 aromatic carbocycles. The van der Waals surface area contributed by atoms with Gasteiger partial charge in [0.05, 0.1) is 5.52 Å². The van der Waals surface area contributed by atoms with E-state index in [1.54, 1.807) is 0 Å². The summed E-state index contributed by atoms with van der Waals surface area (Å²) >= 11 is 0. The van der Waals surface area contributed by atoms with Crippen LogP contribution in [0.1, 0.15) is 38.7 Å². The maximum absolute atomic E-state index is 4.52. The summed E-state index contributed by atoms with van der Waals surface area (Å²) in [7, 11) is 1.82. The maximum atomic E-state index is 4.52. The summed E-state index contributed by atoms with van der Waals surface area (Å²) in [5.41, 5.74) is 2.35. The molecule has 1 aliphatic heterocycles. The molecule has 0 amide bonds. The Labute approximate surface area is 156 Å². The van der Waals surface area contributed by atoms with Crippen LogP contribution in [0.4, 0.5) is 0 Å². The summed E-state index contributed by atoms with van der Waals surface area (Å²) in [6.45, 7) is 8.60. The van der Waals surface area contributed by atoms with Gasteiger partial charge < -0.3 is 10.6 Å². The summed E-state index contributed by atoms with van der Waals surface area (Å²) in [4.78, 5) is 11.5. The molecule has 140 valence electrons. The van der Waals surface area contributed by atoms with E-state index in [0.717, 1.165) is 18.0 Å². The van der Waals surface area contributed by atoms with E-state index in [-0.39, 0.29) is 5.54 Å². The van der Waals surface area contributed by atoms with E-state index in [1.807, 2.05) is 19.3 Å². The molecule has 0 saturated carbocycles. The van der Waals surface area contributed by atoms with Crippen LogP contribution in [0, 0.1) is 0 Å². The van der Waals surface area contributed by atoms with Crippen LogP contribution in [0.25, 0.3) is 10.9 Å². The van der Waals surface area contributed by atoms with Crippen molar-refractivity contribution in [1.29, 1.82) is 0 Å². The van der Waals surface area contributed by atoms with Crippen molar-refractivity contribution in [2.45, 2.75) is 45.2 Å². The number of piperidine rings is 1. The molecular formula is C21H31N5. The zero-order valence-corrected chi connectivity index (χ0v) is 16.3. The van der Waals surface area contributed by atoms with Crippen molar-refractivity contribution < 1.29 is 0 Å². The van der Waals surface area contributed by atoms with Crippen molar-refractivity contribution in [3.63, 3.8) is 0 Å². The van der Waals surface area contributed by atoms with Crippen LogP contribution in [-0.2, 0) is 6.54 Å². The van der Waals surface area contributed by atoms with Gasteiger partial charge in [-0.05, 0) is 51.4 Å². The number of fused-ring (bicyclic) bond motifs is 1.